The van der Waals surface area contributed by atoms with Crippen molar-refractivity contribution in [1.82, 2.24) is 4.90 Å². The van der Waals surface area contributed by atoms with Crippen LogP contribution in [-0.4, -0.2) is 54.3 Å². The Bertz CT molecular complexity index is 1450. The van der Waals surface area contributed by atoms with E-state index in [1.807, 2.05) is 45.0 Å². The number of hydrogen-bond acceptors (Lipinski definition) is 7. The predicted octanol–water partition coefficient (Wildman–Crippen LogP) is 5.59. The monoisotopic (exact) mass is 557 g/mol. The van der Waals surface area contributed by atoms with Crippen LogP contribution in [0.3, 0.4) is 0 Å². The minimum Gasteiger partial charge on any atom is -0.490 e. The molecule has 1 fully saturated rings. The van der Waals surface area contributed by atoms with Gasteiger partial charge in [0.2, 0.25) is 0 Å². The van der Waals surface area contributed by atoms with Gasteiger partial charge in [0, 0.05) is 31.6 Å². The molecule has 9 heteroatoms. The van der Waals surface area contributed by atoms with Gasteiger partial charge in [0.1, 0.15) is 17.5 Å². The number of nitriles is 1. The van der Waals surface area contributed by atoms with Crippen molar-refractivity contribution < 1.29 is 28.6 Å². The lowest BCUT2D eigenvalue weighted by Crippen LogP contribution is -2.44. The molecule has 1 aliphatic rings. The summed E-state index contributed by atoms with van der Waals surface area (Å²) in [7, 11) is 0. The quantitative estimate of drug-likeness (QED) is 0.287. The number of ether oxygens (including phenoxy) is 3. The summed E-state index contributed by atoms with van der Waals surface area (Å²) in [5.74, 6) is -1.08. The van der Waals surface area contributed by atoms with Gasteiger partial charge in [0.25, 0.3) is 0 Å². The fourth-order valence-electron chi connectivity index (χ4n) is 4.61. The Hall–Kier alpha value is -4.58. The van der Waals surface area contributed by atoms with Gasteiger partial charge >= 0.3 is 18.0 Å². The van der Waals surface area contributed by atoms with Crippen LogP contribution in [0.5, 0.6) is 5.75 Å². The highest BCUT2D eigenvalue weighted by molar-refractivity contribution is 6.38. The van der Waals surface area contributed by atoms with E-state index in [4.69, 9.17) is 14.2 Å². The van der Waals surface area contributed by atoms with Crippen LogP contribution in [0.25, 0.3) is 10.8 Å². The number of hydrogen-bond donors (Lipinski definition) is 0. The summed E-state index contributed by atoms with van der Waals surface area (Å²) in [6.07, 6.45) is 0.963. The van der Waals surface area contributed by atoms with E-state index in [9.17, 15) is 19.6 Å². The van der Waals surface area contributed by atoms with Gasteiger partial charge in [-0.15, -0.1) is 0 Å². The number of piperidine rings is 1. The highest BCUT2D eigenvalue weighted by Gasteiger charge is 2.28. The van der Waals surface area contributed by atoms with Crippen LogP contribution in [-0.2, 0) is 25.6 Å². The molecule has 2 amide bonds. The Morgan fingerprint density at radius 2 is 1.66 bits per heavy atom. The third kappa shape index (κ3) is 7.76. The number of rotatable bonds is 6. The minimum absolute atomic E-state index is 0.0623. The number of benzene rings is 3. The molecule has 1 aliphatic heterocycles. The molecule has 9 nitrogen and oxygen atoms in total. The summed E-state index contributed by atoms with van der Waals surface area (Å²) in [5, 5.41) is 11.1. The molecular weight excluding hydrogens is 522 g/mol. The van der Waals surface area contributed by atoms with E-state index in [2.05, 4.69) is 6.07 Å². The first-order valence-corrected chi connectivity index (χ1v) is 13.7. The molecule has 0 aliphatic carbocycles. The van der Waals surface area contributed by atoms with Gasteiger partial charge in [0.15, 0.2) is 0 Å². The molecule has 1 heterocycles. The molecule has 0 bridgehead atoms. The van der Waals surface area contributed by atoms with Gasteiger partial charge in [0.05, 0.1) is 24.8 Å². The zero-order chi connectivity index (χ0) is 29.6. The smallest absolute Gasteiger partial charge is 0.410 e. The van der Waals surface area contributed by atoms with Gasteiger partial charge in [-0.1, -0.05) is 18.2 Å². The lowest BCUT2D eigenvalue weighted by molar-refractivity contribution is -0.153. The first-order valence-electron chi connectivity index (χ1n) is 13.7. The minimum atomic E-state index is -0.933. The van der Waals surface area contributed by atoms with E-state index < -0.39 is 17.5 Å². The fourth-order valence-corrected chi connectivity index (χ4v) is 4.61. The van der Waals surface area contributed by atoms with Crippen molar-refractivity contribution in [3.63, 3.8) is 0 Å². The molecule has 1 saturated heterocycles. The van der Waals surface area contributed by atoms with Crippen molar-refractivity contribution in [3.8, 4) is 11.8 Å². The first-order chi connectivity index (χ1) is 19.6. The second-order valence-electron chi connectivity index (χ2n) is 10.9. The number of carbonyl (C=O) groups is 3. The Balaban J connectivity index is 1.46. The predicted molar refractivity (Wildman–Crippen MR) is 154 cm³/mol. The highest BCUT2D eigenvalue weighted by atomic mass is 16.6. The Morgan fingerprint density at radius 1 is 0.976 bits per heavy atom. The van der Waals surface area contributed by atoms with Crippen molar-refractivity contribution >= 4 is 34.4 Å². The summed E-state index contributed by atoms with van der Waals surface area (Å²) in [6, 6.07) is 20.3. The van der Waals surface area contributed by atoms with E-state index >= 15 is 0 Å². The van der Waals surface area contributed by atoms with Crippen molar-refractivity contribution in [2.45, 2.75) is 58.8 Å². The average molecular weight is 558 g/mol. The Kier molecular flexibility index (Phi) is 9.13. The molecule has 3 aromatic carbocycles. The number of esters is 1. The molecule has 0 unspecified atom stereocenters. The molecule has 0 aromatic heterocycles. The summed E-state index contributed by atoms with van der Waals surface area (Å²) >= 11 is 0. The first kappa shape index (κ1) is 29.4. The number of amides is 2. The third-order valence-electron chi connectivity index (χ3n) is 6.61. The van der Waals surface area contributed by atoms with Crippen molar-refractivity contribution in [2.24, 2.45) is 0 Å². The van der Waals surface area contributed by atoms with Crippen LogP contribution in [0.4, 0.5) is 10.5 Å². The number of nitrogens with zero attached hydrogens (tertiary/aromatic N) is 3. The van der Waals surface area contributed by atoms with Gasteiger partial charge in [-0.25, -0.2) is 9.59 Å². The van der Waals surface area contributed by atoms with Crippen LogP contribution >= 0.6 is 0 Å². The van der Waals surface area contributed by atoms with E-state index in [-0.39, 0.29) is 25.3 Å². The number of likely N-dealkylation sites (tertiary alicyclic amines) is 1. The molecule has 4 rings (SSSR count). The van der Waals surface area contributed by atoms with Gasteiger partial charge < -0.3 is 19.1 Å². The average Bonchev–Trinajstić information content (AvgIpc) is 2.95. The second kappa shape index (κ2) is 12.7. The lowest BCUT2D eigenvalue weighted by atomic mass is 10.0. The van der Waals surface area contributed by atoms with Crippen molar-refractivity contribution in [3.05, 3.63) is 71.8 Å². The summed E-state index contributed by atoms with van der Waals surface area (Å²) < 4.78 is 16.6. The molecule has 0 saturated carbocycles. The summed E-state index contributed by atoms with van der Waals surface area (Å²) in [4.78, 5) is 40.9. The molecule has 41 heavy (non-hydrogen) atoms. The maximum Gasteiger partial charge on any atom is 0.410 e. The zero-order valence-electron chi connectivity index (χ0n) is 23.9. The van der Waals surface area contributed by atoms with Crippen LogP contribution in [0.15, 0.2) is 60.7 Å². The normalized spacial score (nSPS) is 13.8. The summed E-state index contributed by atoms with van der Waals surface area (Å²) in [5.41, 5.74) is 1.31. The Morgan fingerprint density at radius 3 is 2.29 bits per heavy atom. The Labute approximate surface area is 240 Å². The summed E-state index contributed by atoms with van der Waals surface area (Å²) in [6.45, 7) is 8.49. The van der Waals surface area contributed by atoms with Crippen LogP contribution in [0.2, 0.25) is 0 Å². The SMILES string of the molecule is CCOC(=O)C(=O)N(Cc1ccc2ccc(C#N)cc2c1)c1ccc(OC2CCN(C(=O)OC(C)(C)C)CC2)cc1. The third-order valence-corrected chi connectivity index (χ3v) is 6.61. The standard InChI is InChI=1S/C32H35N3O6/c1-5-39-30(37)29(36)35(21-23-7-9-24-8-6-22(20-33)18-25(24)19-23)26-10-12-27(13-11-26)40-28-14-16-34(17-15-28)31(38)41-32(2,3)4/h6-13,18-19,28H,5,14-17,21H2,1-4H3. The molecule has 214 valence electrons. The number of fused-ring (bicyclic) bond motifs is 1. The van der Waals surface area contributed by atoms with Crippen molar-refractivity contribution in [1.29, 1.82) is 5.26 Å². The van der Waals surface area contributed by atoms with E-state index in [1.165, 1.54) is 4.90 Å². The molecule has 3 aromatic rings. The van der Waals surface area contributed by atoms with E-state index in [1.54, 1.807) is 48.2 Å². The molecule has 0 spiro atoms. The van der Waals surface area contributed by atoms with Crippen LogP contribution in [0.1, 0.15) is 51.7 Å². The zero-order valence-corrected chi connectivity index (χ0v) is 23.9. The topological polar surface area (TPSA) is 109 Å². The van der Waals surface area contributed by atoms with Crippen molar-refractivity contribution in [2.75, 3.05) is 24.6 Å². The number of carbonyl (C=O) groups excluding carboxylic acids is 3. The van der Waals surface area contributed by atoms with Gasteiger partial charge in [-0.3, -0.25) is 9.69 Å². The van der Waals surface area contributed by atoms with Crippen LogP contribution < -0.4 is 9.64 Å². The highest BCUT2D eigenvalue weighted by Crippen LogP contribution is 2.26. The molecule has 0 radical (unpaired) electrons. The van der Waals surface area contributed by atoms with Gasteiger partial charge in [-0.2, -0.15) is 5.26 Å². The molecule has 0 N–H and O–H groups in total. The second-order valence-corrected chi connectivity index (χ2v) is 10.9. The van der Waals surface area contributed by atoms with Crippen LogP contribution in [0, 0.1) is 11.3 Å². The lowest BCUT2D eigenvalue weighted by Gasteiger charge is -2.33. The maximum atomic E-state index is 13.1. The van der Waals surface area contributed by atoms with E-state index in [0.29, 0.717) is 42.9 Å². The van der Waals surface area contributed by atoms with E-state index in [0.717, 1.165) is 16.3 Å². The maximum absolute atomic E-state index is 13.1. The van der Waals surface area contributed by atoms with Gasteiger partial charge in [-0.05, 0) is 86.5 Å². The molecule has 0 atom stereocenters. The largest absolute Gasteiger partial charge is 0.490 e. The molecular formula is C32H35N3O6. The fraction of sp³-hybridized carbons (Fsp3) is 0.375. The number of anilines is 1.